The predicted octanol–water partition coefficient (Wildman–Crippen LogP) is 4.27. The van der Waals surface area contributed by atoms with E-state index in [4.69, 9.17) is 10.5 Å². The Kier molecular flexibility index (Phi) is 6.91. The first-order valence-corrected chi connectivity index (χ1v) is 10.7. The lowest BCUT2D eigenvalue weighted by atomic mass is 9.99. The molecule has 0 aliphatic rings. The van der Waals surface area contributed by atoms with Crippen LogP contribution in [-0.4, -0.2) is 23.8 Å². The lowest BCUT2D eigenvalue weighted by molar-refractivity contribution is -0.115. The molecule has 3 rings (SSSR count). The van der Waals surface area contributed by atoms with Gasteiger partial charge >= 0.3 is 0 Å². The van der Waals surface area contributed by atoms with E-state index >= 15 is 0 Å². The Morgan fingerprint density at radius 3 is 2.57 bits per heavy atom. The molecule has 0 radical (unpaired) electrons. The van der Waals surface area contributed by atoms with Gasteiger partial charge in [-0.1, -0.05) is 0 Å². The molecule has 7 nitrogen and oxygen atoms in total. The number of nitrogens with zero attached hydrogens (tertiary/aromatic N) is 3. The second-order valence-corrected chi connectivity index (χ2v) is 7.90. The number of aromatic nitrogens is 1. The summed E-state index contributed by atoms with van der Waals surface area (Å²) in [5.74, 6) is 1.02. The van der Waals surface area contributed by atoms with Gasteiger partial charge in [0, 0.05) is 23.4 Å². The van der Waals surface area contributed by atoms with Crippen molar-refractivity contribution in [1.29, 1.82) is 10.5 Å². The summed E-state index contributed by atoms with van der Waals surface area (Å²) >= 11 is 2.72. The van der Waals surface area contributed by atoms with Crippen LogP contribution in [0.1, 0.15) is 17.5 Å². The molecule has 1 aromatic carbocycles. The number of nitrogen functional groups attached to an aromatic ring is 1. The third kappa shape index (κ3) is 4.71. The highest BCUT2D eigenvalue weighted by atomic mass is 32.2. The molecule has 0 fully saturated rings. The number of thiophene rings is 1. The van der Waals surface area contributed by atoms with Crippen molar-refractivity contribution in [2.75, 3.05) is 23.9 Å². The summed E-state index contributed by atoms with van der Waals surface area (Å²) in [7, 11) is 1.58. The Bertz CT molecular complexity index is 1130. The molecule has 9 heteroatoms. The Morgan fingerprint density at radius 2 is 1.97 bits per heavy atom. The first-order valence-electron chi connectivity index (χ1n) is 8.80. The Balaban J connectivity index is 1.73. The number of carbonyl (C=O) groups is 1. The maximum Gasteiger partial charge on any atom is 0.225 e. The summed E-state index contributed by atoms with van der Waals surface area (Å²) in [6.07, 6.45) is 0.219. The third-order valence-corrected chi connectivity index (χ3v) is 5.83. The molecule has 0 atom stereocenters. The minimum atomic E-state index is -0.161. The van der Waals surface area contributed by atoms with Crippen LogP contribution in [0.2, 0.25) is 0 Å². The zero-order valence-electron chi connectivity index (χ0n) is 16.0. The van der Waals surface area contributed by atoms with Crippen molar-refractivity contribution in [3.8, 4) is 29.0 Å². The standard InChI is InChI=1S/C21H17N5O2S2/c1-28-15-4-2-14(3-5-15)25-18(27)7-9-30-21-17(11-23)19(13-6-8-29-12-13)16(10-22)20(24)26-21/h2-6,8,12H,7,9H2,1H3,(H2,24,26)(H,25,27). The monoisotopic (exact) mass is 435 g/mol. The first-order chi connectivity index (χ1) is 14.6. The van der Waals surface area contributed by atoms with E-state index in [-0.39, 0.29) is 23.7 Å². The molecule has 0 unspecified atom stereocenters. The fourth-order valence-corrected chi connectivity index (χ4v) is 4.32. The molecular weight excluding hydrogens is 418 g/mol. The van der Waals surface area contributed by atoms with Gasteiger partial charge in [-0.15, -0.1) is 11.8 Å². The number of carbonyl (C=O) groups excluding carboxylic acids is 1. The number of nitrogens with one attached hydrogen (secondary N) is 1. The number of rotatable bonds is 7. The van der Waals surface area contributed by atoms with E-state index < -0.39 is 0 Å². The van der Waals surface area contributed by atoms with Crippen molar-refractivity contribution < 1.29 is 9.53 Å². The van der Waals surface area contributed by atoms with Crippen LogP contribution in [0.5, 0.6) is 5.75 Å². The van der Waals surface area contributed by atoms with Gasteiger partial charge in [0.05, 0.1) is 12.7 Å². The van der Waals surface area contributed by atoms with E-state index in [0.717, 1.165) is 5.56 Å². The smallest absolute Gasteiger partial charge is 0.225 e. The van der Waals surface area contributed by atoms with E-state index in [1.54, 1.807) is 31.4 Å². The number of nitrogens with two attached hydrogens (primary N) is 1. The number of amides is 1. The van der Waals surface area contributed by atoms with Crippen LogP contribution < -0.4 is 15.8 Å². The van der Waals surface area contributed by atoms with Gasteiger partial charge < -0.3 is 15.8 Å². The molecule has 0 spiro atoms. The fraction of sp³-hybridized carbons (Fsp3) is 0.143. The average molecular weight is 436 g/mol. The fourth-order valence-electron chi connectivity index (χ4n) is 2.74. The molecule has 3 aromatic rings. The number of methoxy groups -OCH3 is 1. The van der Waals surface area contributed by atoms with E-state index in [9.17, 15) is 15.3 Å². The molecule has 2 aromatic heterocycles. The van der Waals surface area contributed by atoms with Crippen LogP contribution >= 0.6 is 23.1 Å². The highest BCUT2D eigenvalue weighted by Crippen LogP contribution is 2.36. The summed E-state index contributed by atoms with van der Waals surface area (Å²) in [5.41, 5.74) is 8.36. The number of pyridine rings is 1. The number of hydrogen-bond donors (Lipinski definition) is 2. The lowest BCUT2D eigenvalue weighted by Gasteiger charge is -2.12. The molecule has 3 N–H and O–H groups in total. The topological polar surface area (TPSA) is 125 Å². The van der Waals surface area contributed by atoms with Crippen LogP contribution in [0.25, 0.3) is 11.1 Å². The van der Waals surface area contributed by atoms with Crippen LogP contribution in [0.4, 0.5) is 11.5 Å². The summed E-state index contributed by atoms with van der Waals surface area (Å²) in [4.78, 5) is 16.5. The molecule has 150 valence electrons. The SMILES string of the molecule is COc1ccc(NC(=O)CCSc2nc(N)c(C#N)c(-c3ccsc3)c2C#N)cc1. The highest BCUT2D eigenvalue weighted by Gasteiger charge is 2.20. The second kappa shape index (κ2) is 9.79. The molecule has 0 saturated heterocycles. The average Bonchev–Trinajstić information content (AvgIpc) is 3.28. The van der Waals surface area contributed by atoms with Gasteiger partial charge in [0.2, 0.25) is 5.91 Å². The van der Waals surface area contributed by atoms with Crippen molar-refractivity contribution in [1.82, 2.24) is 4.98 Å². The maximum absolute atomic E-state index is 12.2. The van der Waals surface area contributed by atoms with Gasteiger partial charge in [0.15, 0.2) is 0 Å². The third-order valence-electron chi connectivity index (χ3n) is 4.17. The van der Waals surface area contributed by atoms with Crippen LogP contribution in [0.3, 0.4) is 0 Å². The van der Waals surface area contributed by atoms with Crippen LogP contribution in [0, 0.1) is 22.7 Å². The maximum atomic E-state index is 12.2. The number of anilines is 2. The molecule has 0 bridgehead atoms. The second-order valence-electron chi connectivity index (χ2n) is 6.04. The molecule has 0 saturated carbocycles. The summed E-state index contributed by atoms with van der Waals surface area (Å²) in [5, 5.41) is 26.1. The minimum Gasteiger partial charge on any atom is -0.497 e. The van der Waals surface area contributed by atoms with Gasteiger partial charge in [0.1, 0.15) is 34.3 Å². The van der Waals surface area contributed by atoms with Gasteiger partial charge in [-0.2, -0.15) is 21.9 Å². The van der Waals surface area contributed by atoms with Crippen molar-refractivity contribution in [3.05, 3.63) is 52.2 Å². The molecule has 2 heterocycles. The van der Waals surface area contributed by atoms with E-state index in [0.29, 0.717) is 33.3 Å². The normalized spacial score (nSPS) is 10.1. The Hall–Kier alpha value is -3.53. The predicted molar refractivity (Wildman–Crippen MR) is 118 cm³/mol. The van der Waals surface area contributed by atoms with E-state index in [2.05, 4.69) is 16.4 Å². The summed E-state index contributed by atoms with van der Waals surface area (Å²) in [6, 6.07) is 13.1. The Morgan fingerprint density at radius 1 is 1.23 bits per heavy atom. The largest absolute Gasteiger partial charge is 0.497 e. The van der Waals surface area contributed by atoms with Gasteiger partial charge in [0.25, 0.3) is 0 Å². The van der Waals surface area contributed by atoms with Crippen molar-refractivity contribution in [3.63, 3.8) is 0 Å². The summed E-state index contributed by atoms with van der Waals surface area (Å²) in [6.45, 7) is 0. The quantitative estimate of drug-likeness (QED) is 0.531. The van der Waals surface area contributed by atoms with Crippen molar-refractivity contribution >= 4 is 40.5 Å². The zero-order chi connectivity index (χ0) is 21.5. The van der Waals surface area contributed by atoms with Crippen molar-refractivity contribution in [2.24, 2.45) is 0 Å². The highest BCUT2D eigenvalue weighted by molar-refractivity contribution is 7.99. The molecule has 1 amide bonds. The number of thioether (sulfide) groups is 1. The Labute approximate surface area is 182 Å². The van der Waals surface area contributed by atoms with Gasteiger partial charge in [-0.25, -0.2) is 4.98 Å². The summed E-state index contributed by atoms with van der Waals surface area (Å²) < 4.78 is 5.09. The van der Waals surface area contributed by atoms with E-state index in [1.807, 2.05) is 22.9 Å². The van der Waals surface area contributed by atoms with Crippen LogP contribution in [-0.2, 0) is 4.79 Å². The molecule has 0 aliphatic heterocycles. The van der Waals surface area contributed by atoms with Crippen LogP contribution in [0.15, 0.2) is 46.1 Å². The van der Waals surface area contributed by atoms with Crippen molar-refractivity contribution in [2.45, 2.75) is 11.4 Å². The molecule has 0 aliphatic carbocycles. The number of ether oxygens (including phenoxy) is 1. The first kappa shape index (κ1) is 21.2. The number of nitriles is 2. The molecular formula is C21H17N5O2S2. The van der Waals surface area contributed by atoms with Gasteiger partial charge in [-0.05, 0) is 46.7 Å². The molecule has 30 heavy (non-hydrogen) atoms. The van der Waals surface area contributed by atoms with Gasteiger partial charge in [-0.3, -0.25) is 4.79 Å². The number of benzene rings is 1. The number of hydrogen-bond acceptors (Lipinski definition) is 8. The minimum absolute atomic E-state index is 0.0721. The zero-order valence-corrected chi connectivity index (χ0v) is 17.6. The lowest BCUT2D eigenvalue weighted by Crippen LogP contribution is -2.12. The van der Waals surface area contributed by atoms with E-state index in [1.165, 1.54) is 23.1 Å².